The highest BCUT2D eigenvalue weighted by Gasteiger charge is 2.18. The molecule has 5 heteroatoms. The van der Waals surface area contributed by atoms with Crippen molar-refractivity contribution in [2.75, 3.05) is 0 Å². The van der Waals surface area contributed by atoms with Crippen LogP contribution in [0.15, 0.2) is 115 Å². The summed E-state index contributed by atoms with van der Waals surface area (Å²) in [5, 5.41) is 4.76. The monoisotopic (exact) mass is 473 g/mol. The van der Waals surface area contributed by atoms with Gasteiger partial charge in [-0.05, 0) is 36.4 Å². The first-order chi connectivity index (χ1) is 18.4. The Kier molecular flexibility index (Phi) is 3.47. The van der Waals surface area contributed by atoms with Crippen LogP contribution in [0.5, 0.6) is 0 Å². The number of nitrogens with zero attached hydrogens (tertiary/aromatic N) is 5. The van der Waals surface area contributed by atoms with Crippen molar-refractivity contribution in [3.63, 3.8) is 0 Å². The molecule has 9 rings (SSSR count). The maximum Gasteiger partial charge on any atom is 0.223 e. The molecule has 9 aromatic rings. The van der Waals surface area contributed by atoms with Gasteiger partial charge in [0.2, 0.25) is 11.6 Å². The summed E-state index contributed by atoms with van der Waals surface area (Å²) in [6.07, 6.45) is 0. The van der Waals surface area contributed by atoms with E-state index < -0.39 is 0 Å². The number of para-hydroxylation sites is 7. The molecule has 0 N–H and O–H groups in total. The fourth-order valence-corrected chi connectivity index (χ4v) is 6.10. The molecule has 0 saturated carbocycles. The van der Waals surface area contributed by atoms with Gasteiger partial charge in [-0.25, -0.2) is 14.4 Å². The highest BCUT2D eigenvalue weighted by atomic mass is 15.2. The van der Waals surface area contributed by atoms with Crippen LogP contribution < -0.4 is 0 Å². The minimum atomic E-state index is 0.830. The van der Waals surface area contributed by atoms with Crippen LogP contribution in [0.1, 0.15) is 0 Å². The van der Waals surface area contributed by atoms with Gasteiger partial charge in [0, 0.05) is 21.5 Å². The van der Waals surface area contributed by atoms with Crippen molar-refractivity contribution in [3.8, 4) is 0 Å². The summed E-state index contributed by atoms with van der Waals surface area (Å²) in [6, 6.07) is 40.6. The maximum atomic E-state index is 5.25. The van der Waals surface area contributed by atoms with Crippen molar-refractivity contribution in [2.45, 2.75) is 0 Å². The van der Waals surface area contributed by atoms with Crippen molar-refractivity contribution < 1.29 is 0 Å². The summed E-state index contributed by atoms with van der Waals surface area (Å²) in [7, 11) is 0. The zero-order valence-corrected chi connectivity index (χ0v) is 19.7. The van der Waals surface area contributed by atoms with Crippen LogP contribution in [0, 0.1) is 0 Å². The minimum absolute atomic E-state index is 0.830. The third-order valence-corrected chi connectivity index (χ3v) is 7.62. The first-order valence-corrected chi connectivity index (χ1v) is 12.5. The molecule has 37 heavy (non-hydrogen) atoms. The lowest BCUT2D eigenvalue weighted by Crippen LogP contribution is -1.95. The molecular formula is C32H19N5. The molecule has 0 fully saturated rings. The van der Waals surface area contributed by atoms with Gasteiger partial charge < -0.3 is 0 Å². The molecule has 172 valence electrons. The standard InChI is InChI=1S/C32H19N5/c1-5-16-26-20(10-1)22-12-9-13-23-21-11-2-6-17-27(21)36(30(22)23)32-34-25-15-4-8-19-29(25)37(32)31-33-24-14-3-7-18-28(24)35(26)31/h1-19H. The van der Waals surface area contributed by atoms with E-state index in [2.05, 4.69) is 116 Å². The molecule has 0 radical (unpaired) electrons. The number of aromatic nitrogens is 5. The maximum absolute atomic E-state index is 5.25. The second kappa shape index (κ2) is 6.74. The van der Waals surface area contributed by atoms with Crippen molar-refractivity contribution >= 4 is 71.7 Å². The van der Waals surface area contributed by atoms with E-state index >= 15 is 0 Å². The van der Waals surface area contributed by atoms with Crippen molar-refractivity contribution in [2.24, 2.45) is 0 Å². The molecule has 0 bridgehead atoms. The highest BCUT2D eigenvalue weighted by molar-refractivity contribution is 6.19. The summed E-state index contributed by atoms with van der Waals surface area (Å²) in [5.41, 5.74) is 7.36. The molecule has 5 nitrogen and oxygen atoms in total. The van der Waals surface area contributed by atoms with Gasteiger partial charge >= 0.3 is 0 Å². The Morgan fingerprint density at radius 2 is 0.784 bits per heavy atom. The Labute approximate surface area is 210 Å². The SMILES string of the molecule is c1ccc2c(c1)nc1n2c2ccccc2c2cccc3c4ccccc4n(c23)c2nc3ccccc3n12. The second-order valence-electron chi connectivity index (χ2n) is 9.54. The van der Waals surface area contributed by atoms with Crippen LogP contribution in [-0.4, -0.2) is 23.2 Å². The fraction of sp³-hybridized carbons (Fsp3) is 0. The number of hydrogen-bond acceptors (Lipinski definition) is 2. The lowest BCUT2D eigenvalue weighted by Gasteiger charge is -2.03. The van der Waals surface area contributed by atoms with E-state index in [9.17, 15) is 0 Å². The summed E-state index contributed by atoms with van der Waals surface area (Å²) < 4.78 is 6.83. The Hall–Kier alpha value is -5.16. The van der Waals surface area contributed by atoms with Crippen LogP contribution in [0.2, 0.25) is 0 Å². The van der Waals surface area contributed by atoms with Gasteiger partial charge in [0.15, 0.2) is 0 Å². The molecule has 4 aromatic heterocycles. The average molecular weight is 474 g/mol. The fourth-order valence-electron chi connectivity index (χ4n) is 6.10. The highest BCUT2D eigenvalue weighted by Crippen LogP contribution is 2.36. The zero-order valence-electron chi connectivity index (χ0n) is 19.7. The molecule has 0 aliphatic heterocycles. The number of hydrogen-bond donors (Lipinski definition) is 0. The average Bonchev–Trinajstić information content (AvgIpc) is 3.62. The number of fused-ring (bicyclic) bond motifs is 14. The van der Waals surface area contributed by atoms with Gasteiger partial charge in [-0.1, -0.05) is 78.9 Å². The summed E-state index contributed by atoms with van der Waals surface area (Å²) in [5.74, 6) is 1.67. The first-order valence-electron chi connectivity index (χ1n) is 12.5. The quantitative estimate of drug-likeness (QED) is 0.228. The van der Waals surface area contributed by atoms with Gasteiger partial charge in [-0.3, -0.25) is 8.80 Å². The molecular weight excluding hydrogens is 454 g/mol. The van der Waals surface area contributed by atoms with Gasteiger partial charge in [0.05, 0.1) is 38.6 Å². The predicted molar refractivity (Wildman–Crippen MR) is 151 cm³/mol. The topological polar surface area (TPSA) is 39.0 Å². The van der Waals surface area contributed by atoms with Crippen LogP contribution in [-0.2, 0) is 0 Å². The summed E-state index contributed by atoms with van der Waals surface area (Å²) >= 11 is 0. The van der Waals surface area contributed by atoms with Gasteiger partial charge in [0.25, 0.3) is 0 Å². The van der Waals surface area contributed by atoms with E-state index in [1.807, 2.05) is 12.1 Å². The van der Waals surface area contributed by atoms with Crippen molar-refractivity contribution in [1.82, 2.24) is 23.2 Å². The molecule has 0 aliphatic carbocycles. The lowest BCUT2D eigenvalue weighted by atomic mass is 10.1. The molecule has 0 amide bonds. The van der Waals surface area contributed by atoms with Crippen LogP contribution in [0.4, 0.5) is 0 Å². The molecule has 5 aromatic carbocycles. The number of benzene rings is 5. The van der Waals surface area contributed by atoms with E-state index in [1.165, 1.54) is 16.2 Å². The third kappa shape index (κ3) is 2.33. The molecule has 0 atom stereocenters. The Morgan fingerprint density at radius 3 is 1.41 bits per heavy atom. The molecule has 0 unspecified atom stereocenters. The number of imidazole rings is 2. The predicted octanol–water partition coefficient (Wildman–Crippen LogP) is 7.56. The normalized spacial score (nSPS) is 12.3. The summed E-state index contributed by atoms with van der Waals surface area (Å²) in [6.45, 7) is 0. The zero-order chi connectivity index (χ0) is 24.1. The van der Waals surface area contributed by atoms with E-state index in [0.29, 0.717) is 0 Å². The molecule has 4 heterocycles. The molecule has 0 aliphatic rings. The van der Waals surface area contributed by atoms with E-state index in [4.69, 9.17) is 9.97 Å². The third-order valence-electron chi connectivity index (χ3n) is 7.62. The first kappa shape index (κ1) is 19.1. The smallest absolute Gasteiger partial charge is 0.223 e. The van der Waals surface area contributed by atoms with Crippen LogP contribution in [0.3, 0.4) is 0 Å². The Bertz CT molecular complexity index is 2400. The summed E-state index contributed by atoms with van der Waals surface area (Å²) in [4.78, 5) is 10.5. The lowest BCUT2D eigenvalue weighted by molar-refractivity contribution is 1.10. The van der Waals surface area contributed by atoms with Gasteiger partial charge in [-0.15, -0.1) is 0 Å². The molecule has 0 saturated heterocycles. The minimum Gasteiger partial charge on any atom is -0.278 e. The Morgan fingerprint density at radius 1 is 0.351 bits per heavy atom. The van der Waals surface area contributed by atoms with Gasteiger partial charge in [0.1, 0.15) is 0 Å². The largest absolute Gasteiger partial charge is 0.278 e. The second-order valence-corrected chi connectivity index (χ2v) is 9.54. The van der Waals surface area contributed by atoms with E-state index in [-0.39, 0.29) is 0 Å². The van der Waals surface area contributed by atoms with E-state index in [1.54, 1.807) is 0 Å². The van der Waals surface area contributed by atoms with Gasteiger partial charge in [-0.2, -0.15) is 0 Å². The number of rotatable bonds is 0. The van der Waals surface area contributed by atoms with Crippen molar-refractivity contribution in [1.29, 1.82) is 0 Å². The Balaban J connectivity index is 1.82. The van der Waals surface area contributed by atoms with Crippen LogP contribution >= 0.6 is 0 Å². The van der Waals surface area contributed by atoms with Crippen molar-refractivity contribution in [3.05, 3.63) is 115 Å². The van der Waals surface area contributed by atoms with E-state index in [0.717, 1.165) is 55.6 Å². The molecule has 0 spiro atoms. The van der Waals surface area contributed by atoms with Crippen LogP contribution in [0.25, 0.3) is 71.7 Å².